The summed E-state index contributed by atoms with van der Waals surface area (Å²) in [5.74, 6) is 0.382. The molecule has 0 aliphatic rings. The third kappa shape index (κ3) is 2.77. The Balaban J connectivity index is 2.46. The van der Waals surface area contributed by atoms with E-state index < -0.39 is 5.97 Å². The molecule has 2 aromatic rings. The highest BCUT2D eigenvalue weighted by atomic mass is 32.1. The number of esters is 1. The van der Waals surface area contributed by atoms with Gasteiger partial charge in [0.15, 0.2) is 0 Å². The topological polar surface area (TPSA) is 52.3 Å². The maximum atomic E-state index is 11.9. The molecule has 2 heterocycles. The van der Waals surface area contributed by atoms with Crippen molar-refractivity contribution in [1.29, 1.82) is 0 Å². The highest BCUT2D eigenvalue weighted by Gasteiger charge is 2.24. The summed E-state index contributed by atoms with van der Waals surface area (Å²) >= 11 is 1.62. The largest absolute Gasteiger partial charge is 0.460 e. The van der Waals surface area contributed by atoms with Crippen molar-refractivity contribution < 1.29 is 13.9 Å². The molecule has 2 rings (SSSR count). The number of aromatic nitrogens is 1. The summed E-state index contributed by atoms with van der Waals surface area (Å²) in [6.07, 6.45) is 0. The Kier molecular flexibility index (Phi) is 4.28. The van der Waals surface area contributed by atoms with Crippen LogP contribution >= 0.6 is 11.3 Å². The second kappa shape index (κ2) is 5.79. The average molecular weight is 293 g/mol. The molecule has 0 aromatic carbocycles. The van der Waals surface area contributed by atoms with Crippen LogP contribution in [0.3, 0.4) is 0 Å². The van der Waals surface area contributed by atoms with Crippen LogP contribution in [0.15, 0.2) is 10.5 Å². The highest BCUT2D eigenvalue weighted by molar-refractivity contribution is 7.15. The monoisotopic (exact) mass is 293 g/mol. The minimum Gasteiger partial charge on any atom is -0.460 e. The Morgan fingerprint density at radius 2 is 2.15 bits per heavy atom. The molecule has 5 heteroatoms. The first-order valence-corrected chi connectivity index (χ1v) is 7.50. The number of aryl methyl sites for hydroxylation is 2. The summed E-state index contributed by atoms with van der Waals surface area (Å²) in [4.78, 5) is 18.6. The fourth-order valence-corrected chi connectivity index (χ4v) is 2.81. The van der Waals surface area contributed by atoms with Gasteiger partial charge in [-0.2, -0.15) is 0 Å². The van der Waals surface area contributed by atoms with Gasteiger partial charge in [-0.25, -0.2) is 9.78 Å². The van der Waals surface area contributed by atoms with Gasteiger partial charge in [0.2, 0.25) is 11.7 Å². The molecule has 0 radical (unpaired) electrons. The van der Waals surface area contributed by atoms with Gasteiger partial charge in [0.1, 0.15) is 0 Å². The third-order valence-corrected chi connectivity index (χ3v) is 4.18. The van der Waals surface area contributed by atoms with Crippen molar-refractivity contribution in [1.82, 2.24) is 4.98 Å². The second-order valence-corrected chi connectivity index (χ2v) is 6.21. The van der Waals surface area contributed by atoms with Crippen LogP contribution in [-0.2, 0) is 4.74 Å². The third-order valence-electron chi connectivity index (χ3n) is 3.04. The quantitative estimate of drug-likeness (QED) is 0.788. The van der Waals surface area contributed by atoms with Crippen LogP contribution in [0.5, 0.6) is 0 Å². The molecule has 0 bridgehead atoms. The van der Waals surface area contributed by atoms with Gasteiger partial charge < -0.3 is 9.15 Å². The Bertz CT molecular complexity index is 606. The highest BCUT2D eigenvalue weighted by Crippen LogP contribution is 2.33. The normalized spacial score (nSPS) is 11.1. The molecule has 0 unspecified atom stereocenters. The molecule has 20 heavy (non-hydrogen) atoms. The first kappa shape index (κ1) is 14.8. The molecule has 0 aliphatic carbocycles. The molecule has 0 aliphatic heterocycles. The van der Waals surface area contributed by atoms with Gasteiger partial charge in [0.05, 0.1) is 17.2 Å². The lowest BCUT2D eigenvalue weighted by Gasteiger charge is -2.02. The van der Waals surface area contributed by atoms with Crippen LogP contribution in [0.1, 0.15) is 53.4 Å². The summed E-state index contributed by atoms with van der Waals surface area (Å²) < 4.78 is 10.7. The minimum absolute atomic E-state index is 0.106. The van der Waals surface area contributed by atoms with E-state index in [1.54, 1.807) is 18.3 Å². The van der Waals surface area contributed by atoms with Gasteiger partial charge in [0, 0.05) is 4.88 Å². The molecule has 0 N–H and O–H groups in total. The number of ether oxygens (including phenoxy) is 1. The first-order chi connectivity index (χ1) is 9.43. The van der Waals surface area contributed by atoms with Gasteiger partial charge in [0.25, 0.3) is 0 Å². The summed E-state index contributed by atoms with van der Waals surface area (Å²) in [5, 5.41) is 0. The van der Waals surface area contributed by atoms with Crippen molar-refractivity contribution in [2.45, 2.75) is 40.5 Å². The smallest absolute Gasteiger partial charge is 0.376 e. The molecule has 2 aromatic heterocycles. The number of oxazole rings is 1. The number of thiophene rings is 1. The number of carbonyl (C=O) groups is 1. The molecular weight excluding hydrogens is 274 g/mol. The molecule has 108 valence electrons. The predicted octanol–water partition coefficient (Wildman–Crippen LogP) is 4.32. The molecule has 0 atom stereocenters. The van der Waals surface area contributed by atoms with Crippen molar-refractivity contribution in [3.63, 3.8) is 0 Å². The van der Waals surface area contributed by atoms with Crippen molar-refractivity contribution in [3.8, 4) is 10.8 Å². The molecule has 0 amide bonds. The van der Waals surface area contributed by atoms with E-state index in [2.05, 4.69) is 11.9 Å². The van der Waals surface area contributed by atoms with Gasteiger partial charge in [-0.1, -0.05) is 13.8 Å². The van der Waals surface area contributed by atoms with Crippen molar-refractivity contribution >= 4 is 17.3 Å². The molecule has 4 nitrogen and oxygen atoms in total. The maximum absolute atomic E-state index is 11.9. The Morgan fingerprint density at radius 1 is 1.45 bits per heavy atom. The van der Waals surface area contributed by atoms with Gasteiger partial charge in [-0.05, 0) is 38.3 Å². The first-order valence-electron chi connectivity index (χ1n) is 6.69. The van der Waals surface area contributed by atoms with Gasteiger partial charge in [-0.15, -0.1) is 11.3 Å². The summed E-state index contributed by atoms with van der Waals surface area (Å²) in [5.41, 5.74) is 1.86. The minimum atomic E-state index is -0.444. The summed E-state index contributed by atoms with van der Waals surface area (Å²) in [7, 11) is 0. The van der Waals surface area contributed by atoms with Crippen LogP contribution in [0.25, 0.3) is 10.8 Å². The van der Waals surface area contributed by atoms with Gasteiger partial charge >= 0.3 is 5.97 Å². The number of hydrogen-bond donors (Lipinski definition) is 0. The van der Waals surface area contributed by atoms with Crippen molar-refractivity contribution in [2.24, 2.45) is 0 Å². The Morgan fingerprint density at radius 3 is 2.65 bits per heavy atom. The Labute approximate surface area is 122 Å². The number of hydrogen-bond acceptors (Lipinski definition) is 5. The zero-order chi connectivity index (χ0) is 14.9. The van der Waals surface area contributed by atoms with Crippen LogP contribution < -0.4 is 0 Å². The lowest BCUT2D eigenvalue weighted by atomic mass is 10.1. The van der Waals surface area contributed by atoms with E-state index in [4.69, 9.17) is 9.15 Å². The standard InChI is InChI=1S/C15H19NO3S/c1-6-18-15(17)13-12(8(2)3)16-14(19-13)11-7-9(4)10(5)20-11/h7-8H,6H2,1-5H3. The van der Waals surface area contributed by atoms with Crippen LogP contribution in [0, 0.1) is 13.8 Å². The second-order valence-electron chi connectivity index (χ2n) is 4.96. The molecule has 0 saturated heterocycles. The summed E-state index contributed by atoms with van der Waals surface area (Å²) in [6.45, 7) is 10.2. The zero-order valence-electron chi connectivity index (χ0n) is 12.4. The molecule has 0 saturated carbocycles. The molecule has 0 spiro atoms. The van der Waals surface area contributed by atoms with Crippen LogP contribution in [0.2, 0.25) is 0 Å². The zero-order valence-corrected chi connectivity index (χ0v) is 13.3. The number of carbonyl (C=O) groups excluding carboxylic acids is 1. The van der Waals surface area contributed by atoms with E-state index in [0.717, 1.165) is 4.88 Å². The van der Waals surface area contributed by atoms with Crippen LogP contribution in [-0.4, -0.2) is 17.6 Å². The summed E-state index contributed by atoms with van der Waals surface area (Å²) in [6, 6.07) is 2.03. The fraction of sp³-hybridized carbons (Fsp3) is 0.467. The van der Waals surface area contributed by atoms with E-state index in [1.165, 1.54) is 10.4 Å². The molecule has 0 fully saturated rings. The average Bonchev–Trinajstić information content (AvgIpc) is 2.95. The van der Waals surface area contributed by atoms with Crippen molar-refractivity contribution in [3.05, 3.63) is 28.0 Å². The van der Waals surface area contributed by atoms with E-state index in [9.17, 15) is 4.79 Å². The SMILES string of the molecule is CCOC(=O)c1oc(-c2cc(C)c(C)s2)nc1C(C)C. The Hall–Kier alpha value is -1.62. The fourth-order valence-electron chi connectivity index (χ4n) is 1.85. The van der Waals surface area contributed by atoms with E-state index >= 15 is 0 Å². The number of rotatable bonds is 4. The lowest BCUT2D eigenvalue weighted by molar-refractivity contribution is 0.0489. The van der Waals surface area contributed by atoms with E-state index in [-0.39, 0.29) is 11.7 Å². The maximum Gasteiger partial charge on any atom is 0.376 e. The molecular formula is C15H19NO3S. The van der Waals surface area contributed by atoms with Crippen LogP contribution in [0.4, 0.5) is 0 Å². The predicted molar refractivity (Wildman–Crippen MR) is 79.3 cm³/mol. The lowest BCUT2D eigenvalue weighted by Crippen LogP contribution is -2.07. The van der Waals surface area contributed by atoms with Crippen molar-refractivity contribution in [2.75, 3.05) is 6.61 Å². The van der Waals surface area contributed by atoms with E-state index in [1.807, 2.05) is 26.8 Å². The number of nitrogens with zero attached hydrogens (tertiary/aromatic N) is 1. The van der Waals surface area contributed by atoms with E-state index in [0.29, 0.717) is 18.2 Å². The van der Waals surface area contributed by atoms with Gasteiger partial charge in [-0.3, -0.25) is 0 Å².